The molecule has 4 N–H and O–H groups in total. The van der Waals surface area contributed by atoms with E-state index in [9.17, 15) is 20.4 Å². The molecule has 37 heavy (non-hydrogen) atoms. The Morgan fingerprint density at radius 2 is 0.838 bits per heavy atom. The van der Waals surface area contributed by atoms with Crippen LogP contribution in [0.25, 0.3) is 0 Å². The molecule has 0 fully saturated rings. The smallest absolute Gasteiger partial charge is 0.0857 e. The van der Waals surface area contributed by atoms with Crippen molar-refractivity contribution in [2.45, 2.75) is 115 Å². The van der Waals surface area contributed by atoms with Crippen LogP contribution in [0.4, 0.5) is 0 Å². The van der Waals surface area contributed by atoms with Gasteiger partial charge in [0.15, 0.2) is 0 Å². The van der Waals surface area contributed by atoms with Crippen molar-refractivity contribution in [3.05, 3.63) is 46.6 Å². The van der Waals surface area contributed by atoms with E-state index < -0.39 is 23.0 Å². The van der Waals surface area contributed by atoms with Gasteiger partial charge >= 0.3 is 0 Å². The number of rotatable bonds is 6. The van der Waals surface area contributed by atoms with Gasteiger partial charge in [0.05, 0.1) is 12.2 Å². The van der Waals surface area contributed by atoms with Crippen LogP contribution in [0.1, 0.15) is 102 Å². The summed E-state index contributed by atoms with van der Waals surface area (Å²) in [5.74, 6) is 0. The summed E-state index contributed by atoms with van der Waals surface area (Å²) < 4.78 is 0. The monoisotopic (exact) mass is 516 g/mol. The fourth-order valence-corrected chi connectivity index (χ4v) is 7.88. The van der Waals surface area contributed by atoms with Crippen molar-refractivity contribution in [3.8, 4) is 0 Å². The van der Waals surface area contributed by atoms with Crippen LogP contribution in [0.15, 0.2) is 46.6 Å². The number of aliphatic hydroxyl groups excluding tert-OH is 4. The molecule has 0 saturated carbocycles. The molecule has 4 heteroatoms. The van der Waals surface area contributed by atoms with Gasteiger partial charge in [-0.2, -0.15) is 0 Å². The molecule has 2 atom stereocenters. The maximum absolute atomic E-state index is 12.1. The van der Waals surface area contributed by atoms with E-state index in [1.165, 1.54) is 0 Å². The van der Waals surface area contributed by atoms with Gasteiger partial charge in [0.1, 0.15) is 0 Å². The van der Waals surface area contributed by atoms with Crippen molar-refractivity contribution in [3.63, 3.8) is 0 Å². The number of hydrogen-bond donors (Lipinski definition) is 4. The Morgan fingerprint density at radius 1 is 0.568 bits per heavy atom. The van der Waals surface area contributed by atoms with E-state index in [0.717, 1.165) is 22.3 Å². The van der Waals surface area contributed by atoms with Crippen LogP contribution in [0.5, 0.6) is 0 Å². The Labute approximate surface area is 227 Å². The van der Waals surface area contributed by atoms with E-state index in [1.807, 2.05) is 12.2 Å². The first-order valence-electron chi connectivity index (χ1n) is 14.0. The minimum absolute atomic E-state index is 0.0436. The summed E-state index contributed by atoms with van der Waals surface area (Å²) in [7, 11) is 0. The minimum atomic E-state index is -0.742. The van der Waals surface area contributed by atoms with Crippen LogP contribution in [0.2, 0.25) is 0 Å². The molecule has 0 spiro atoms. The lowest BCUT2D eigenvalue weighted by Gasteiger charge is -2.58. The second kappa shape index (κ2) is 10.4. The highest BCUT2D eigenvalue weighted by Crippen LogP contribution is 2.61. The van der Waals surface area contributed by atoms with E-state index in [2.05, 4.69) is 95.2 Å². The fraction of sp³-hybridized carbons (Fsp3) is 0.758. The predicted molar refractivity (Wildman–Crippen MR) is 155 cm³/mol. The topological polar surface area (TPSA) is 80.9 Å². The zero-order chi connectivity index (χ0) is 28.8. The summed E-state index contributed by atoms with van der Waals surface area (Å²) in [6, 6.07) is 0. The van der Waals surface area contributed by atoms with E-state index in [-0.39, 0.29) is 34.9 Å². The number of hydrogen-bond acceptors (Lipinski definition) is 4. The van der Waals surface area contributed by atoms with E-state index >= 15 is 0 Å². The van der Waals surface area contributed by atoms with E-state index in [0.29, 0.717) is 19.3 Å². The molecular weight excluding hydrogens is 460 g/mol. The summed E-state index contributed by atoms with van der Waals surface area (Å²) in [6.07, 6.45) is 8.50. The molecule has 2 aliphatic carbocycles. The SMILES string of the molecule is CC(C)(C)C1(C(C)(C)C)C=C(CCO)C=C(CC2=CC(CCO)=CC(C(C)(C)C)(C(C)(C)C)C2O)C1O. The molecular formula is C33H56O4. The summed E-state index contributed by atoms with van der Waals surface area (Å²) in [4.78, 5) is 0. The lowest BCUT2D eigenvalue weighted by atomic mass is 9.47. The Morgan fingerprint density at radius 3 is 1.05 bits per heavy atom. The van der Waals surface area contributed by atoms with Crippen molar-refractivity contribution in [1.82, 2.24) is 0 Å². The molecule has 2 aliphatic rings. The molecule has 0 amide bonds. The predicted octanol–water partition coefficient (Wildman–Crippen LogP) is 6.75. The zero-order valence-corrected chi connectivity index (χ0v) is 25.8. The zero-order valence-electron chi connectivity index (χ0n) is 25.8. The van der Waals surface area contributed by atoms with Crippen LogP contribution in [0.3, 0.4) is 0 Å². The first-order valence-corrected chi connectivity index (χ1v) is 14.0. The normalized spacial score (nSPS) is 24.8. The standard InChI is InChI=1S/C33H56O4/c1-28(2,3)32(29(4,5)6)20-22(13-15-34)17-24(26(32)36)19-25-18-23(14-16-35)21-33(27(25)37,30(7,8)9)31(10,11)12/h17-18,20-21,26-27,34-37H,13-16,19H2,1-12H3. The van der Waals surface area contributed by atoms with E-state index in [1.54, 1.807) is 0 Å². The molecule has 0 aromatic rings. The van der Waals surface area contributed by atoms with Gasteiger partial charge in [0.25, 0.3) is 0 Å². The van der Waals surface area contributed by atoms with Crippen LogP contribution >= 0.6 is 0 Å². The lowest BCUT2D eigenvalue weighted by molar-refractivity contribution is -0.0830. The van der Waals surface area contributed by atoms with Gasteiger partial charge in [-0.3, -0.25) is 0 Å². The van der Waals surface area contributed by atoms with Crippen molar-refractivity contribution in [2.24, 2.45) is 32.5 Å². The Kier molecular flexibility index (Phi) is 9.01. The molecule has 212 valence electrons. The molecule has 0 aromatic heterocycles. The number of aliphatic hydroxyl groups is 4. The first kappa shape index (κ1) is 32.0. The first-order chi connectivity index (χ1) is 16.6. The van der Waals surface area contributed by atoms with Crippen LogP contribution < -0.4 is 0 Å². The number of allylic oxidation sites excluding steroid dienone is 2. The Bertz CT molecular complexity index is 842. The third-order valence-corrected chi connectivity index (χ3v) is 9.31. The molecule has 0 saturated heterocycles. The van der Waals surface area contributed by atoms with Gasteiger partial charge in [-0.25, -0.2) is 0 Å². The van der Waals surface area contributed by atoms with Gasteiger partial charge < -0.3 is 20.4 Å². The summed E-state index contributed by atoms with van der Waals surface area (Å²) in [6.45, 7) is 26.2. The Balaban J connectivity index is 2.75. The molecule has 0 bridgehead atoms. The average Bonchev–Trinajstić information content (AvgIpc) is 2.69. The van der Waals surface area contributed by atoms with E-state index in [4.69, 9.17) is 0 Å². The summed E-state index contributed by atoms with van der Waals surface area (Å²) in [5, 5.41) is 43.9. The van der Waals surface area contributed by atoms with Gasteiger partial charge in [-0.15, -0.1) is 0 Å². The van der Waals surface area contributed by atoms with Gasteiger partial charge in [0.2, 0.25) is 0 Å². The van der Waals surface area contributed by atoms with Crippen molar-refractivity contribution in [2.75, 3.05) is 13.2 Å². The third-order valence-electron chi connectivity index (χ3n) is 9.31. The average molecular weight is 517 g/mol. The van der Waals surface area contributed by atoms with Crippen LogP contribution in [0, 0.1) is 32.5 Å². The summed E-state index contributed by atoms with van der Waals surface area (Å²) >= 11 is 0. The Hall–Kier alpha value is -1.20. The molecule has 0 radical (unpaired) electrons. The highest BCUT2D eigenvalue weighted by atomic mass is 16.3. The molecule has 4 nitrogen and oxygen atoms in total. The lowest BCUT2D eigenvalue weighted by Crippen LogP contribution is -2.56. The fourth-order valence-electron chi connectivity index (χ4n) is 7.88. The van der Waals surface area contributed by atoms with Crippen LogP contribution in [-0.2, 0) is 0 Å². The van der Waals surface area contributed by atoms with Gasteiger partial charge in [-0.05, 0) is 63.2 Å². The molecule has 0 aliphatic heterocycles. The van der Waals surface area contributed by atoms with Crippen molar-refractivity contribution < 1.29 is 20.4 Å². The van der Waals surface area contributed by atoms with Crippen molar-refractivity contribution in [1.29, 1.82) is 0 Å². The second-order valence-electron chi connectivity index (χ2n) is 15.5. The largest absolute Gasteiger partial charge is 0.396 e. The van der Waals surface area contributed by atoms with Gasteiger partial charge in [-0.1, -0.05) is 107 Å². The highest BCUT2D eigenvalue weighted by Gasteiger charge is 2.58. The second-order valence-corrected chi connectivity index (χ2v) is 15.5. The maximum atomic E-state index is 12.1. The summed E-state index contributed by atoms with van der Waals surface area (Å²) in [5.41, 5.74) is 1.66. The highest BCUT2D eigenvalue weighted by molar-refractivity contribution is 5.45. The molecule has 2 unspecified atom stereocenters. The van der Waals surface area contributed by atoms with Crippen LogP contribution in [-0.4, -0.2) is 45.8 Å². The molecule has 0 aromatic carbocycles. The minimum Gasteiger partial charge on any atom is -0.396 e. The molecule has 2 rings (SSSR count). The maximum Gasteiger partial charge on any atom is 0.0857 e. The molecule has 0 heterocycles. The third kappa shape index (κ3) is 5.46. The van der Waals surface area contributed by atoms with Crippen molar-refractivity contribution >= 4 is 0 Å². The quantitative estimate of drug-likeness (QED) is 0.315. The van der Waals surface area contributed by atoms with Gasteiger partial charge in [0, 0.05) is 24.0 Å².